The number of fused-ring (bicyclic) bond motifs is 1. The zero-order chi connectivity index (χ0) is 13.4. The van der Waals surface area contributed by atoms with Crippen LogP contribution in [0.2, 0.25) is 5.02 Å². The summed E-state index contributed by atoms with van der Waals surface area (Å²) in [5.41, 5.74) is 1.05. The van der Waals surface area contributed by atoms with Gasteiger partial charge in [-0.15, -0.1) is 0 Å². The standard InChI is InChI=1S/C14H11ClN2O2/c1-2-17-8-10(7-16-17)13(18)12-6-9-4-3-5-11(15)14(9)19-12/h3-8H,2H2,1H3. The third-order valence-electron chi connectivity index (χ3n) is 2.94. The molecule has 0 fully saturated rings. The molecule has 0 aliphatic rings. The molecular weight excluding hydrogens is 264 g/mol. The molecule has 3 rings (SSSR count). The molecule has 0 saturated heterocycles. The van der Waals surface area contributed by atoms with E-state index in [1.165, 1.54) is 0 Å². The predicted molar refractivity (Wildman–Crippen MR) is 72.6 cm³/mol. The van der Waals surface area contributed by atoms with Crippen molar-refractivity contribution in [3.63, 3.8) is 0 Å². The van der Waals surface area contributed by atoms with Gasteiger partial charge in [0.2, 0.25) is 5.78 Å². The molecule has 0 aliphatic heterocycles. The van der Waals surface area contributed by atoms with Crippen LogP contribution in [0.25, 0.3) is 11.0 Å². The maximum atomic E-state index is 12.3. The molecule has 4 nitrogen and oxygen atoms in total. The van der Waals surface area contributed by atoms with Gasteiger partial charge in [-0.25, -0.2) is 0 Å². The van der Waals surface area contributed by atoms with Gasteiger partial charge in [0, 0.05) is 18.1 Å². The summed E-state index contributed by atoms with van der Waals surface area (Å²) in [6.45, 7) is 2.68. The third kappa shape index (κ3) is 2.04. The molecule has 5 heteroatoms. The molecule has 2 heterocycles. The number of furan rings is 1. The minimum Gasteiger partial charge on any atom is -0.451 e. The van der Waals surface area contributed by atoms with Gasteiger partial charge in [0.05, 0.1) is 16.8 Å². The van der Waals surface area contributed by atoms with Gasteiger partial charge < -0.3 is 4.42 Å². The highest BCUT2D eigenvalue weighted by Crippen LogP contribution is 2.27. The van der Waals surface area contributed by atoms with Crippen molar-refractivity contribution in [1.82, 2.24) is 9.78 Å². The summed E-state index contributed by atoms with van der Waals surface area (Å²) in [7, 11) is 0. The molecule has 2 aromatic heterocycles. The Morgan fingerprint density at radius 2 is 2.32 bits per heavy atom. The number of carbonyl (C=O) groups excluding carboxylic acids is 1. The molecule has 0 spiro atoms. The lowest BCUT2D eigenvalue weighted by Crippen LogP contribution is -1.98. The molecule has 96 valence electrons. The van der Waals surface area contributed by atoms with E-state index in [1.807, 2.05) is 19.1 Å². The molecule has 1 aromatic carbocycles. The van der Waals surface area contributed by atoms with Gasteiger partial charge >= 0.3 is 0 Å². The summed E-state index contributed by atoms with van der Waals surface area (Å²) in [5, 5.41) is 5.40. The Morgan fingerprint density at radius 1 is 1.47 bits per heavy atom. The highest BCUT2D eigenvalue weighted by molar-refractivity contribution is 6.35. The molecule has 0 amide bonds. The number of aromatic nitrogens is 2. The second kappa shape index (κ2) is 4.55. The number of para-hydroxylation sites is 1. The fourth-order valence-electron chi connectivity index (χ4n) is 1.94. The van der Waals surface area contributed by atoms with Gasteiger partial charge in [0.25, 0.3) is 0 Å². The van der Waals surface area contributed by atoms with Crippen molar-refractivity contribution in [3.05, 3.63) is 53.0 Å². The van der Waals surface area contributed by atoms with Crippen LogP contribution in [0.3, 0.4) is 0 Å². The molecule has 0 radical (unpaired) electrons. The molecule has 0 N–H and O–H groups in total. The maximum absolute atomic E-state index is 12.3. The van der Waals surface area contributed by atoms with Crippen LogP contribution in [0.1, 0.15) is 23.0 Å². The fraction of sp³-hybridized carbons (Fsp3) is 0.143. The van der Waals surface area contributed by atoms with Crippen molar-refractivity contribution in [2.45, 2.75) is 13.5 Å². The summed E-state index contributed by atoms with van der Waals surface area (Å²) in [6.07, 6.45) is 3.25. The summed E-state index contributed by atoms with van der Waals surface area (Å²) in [5.74, 6) is 0.0886. The second-order valence-corrected chi connectivity index (χ2v) is 4.59. The quantitative estimate of drug-likeness (QED) is 0.687. The second-order valence-electron chi connectivity index (χ2n) is 4.18. The van der Waals surface area contributed by atoms with Crippen LogP contribution in [0, 0.1) is 0 Å². The lowest BCUT2D eigenvalue weighted by molar-refractivity contribution is 0.101. The van der Waals surface area contributed by atoms with Gasteiger partial charge in [-0.05, 0) is 19.1 Å². The van der Waals surface area contributed by atoms with Crippen LogP contribution in [0.4, 0.5) is 0 Å². The first-order valence-electron chi connectivity index (χ1n) is 5.94. The Hall–Kier alpha value is -2.07. The van der Waals surface area contributed by atoms with Crippen molar-refractivity contribution in [2.24, 2.45) is 0 Å². The molecule has 0 bridgehead atoms. The van der Waals surface area contributed by atoms with E-state index in [4.69, 9.17) is 16.0 Å². The van der Waals surface area contributed by atoms with Crippen LogP contribution < -0.4 is 0 Å². The van der Waals surface area contributed by atoms with Crippen LogP contribution in [0.5, 0.6) is 0 Å². The number of rotatable bonds is 3. The number of nitrogens with zero attached hydrogens (tertiary/aromatic N) is 2. The topological polar surface area (TPSA) is 48.0 Å². The molecular formula is C14H11ClN2O2. The van der Waals surface area contributed by atoms with Crippen molar-refractivity contribution in [3.8, 4) is 0 Å². The van der Waals surface area contributed by atoms with E-state index in [2.05, 4.69) is 5.10 Å². The Bertz CT molecular complexity index is 758. The van der Waals surface area contributed by atoms with E-state index in [-0.39, 0.29) is 11.5 Å². The summed E-state index contributed by atoms with van der Waals surface area (Å²) in [6, 6.07) is 7.12. The van der Waals surface area contributed by atoms with Crippen molar-refractivity contribution >= 4 is 28.4 Å². The number of hydrogen-bond donors (Lipinski definition) is 0. The number of aryl methyl sites for hydroxylation is 1. The first-order valence-corrected chi connectivity index (χ1v) is 6.32. The molecule has 0 atom stereocenters. The fourth-order valence-corrected chi connectivity index (χ4v) is 2.16. The van der Waals surface area contributed by atoms with Crippen molar-refractivity contribution in [1.29, 1.82) is 0 Å². The largest absolute Gasteiger partial charge is 0.451 e. The smallest absolute Gasteiger partial charge is 0.231 e. The lowest BCUT2D eigenvalue weighted by Gasteiger charge is -1.93. The maximum Gasteiger partial charge on any atom is 0.231 e. The van der Waals surface area contributed by atoms with Gasteiger partial charge in [-0.3, -0.25) is 9.48 Å². The van der Waals surface area contributed by atoms with E-state index in [0.717, 1.165) is 11.9 Å². The van der Waals surface area contributed by atoms with Crippen LogP contribution in [-0.2, 0) is 6.54 Å². The molecule has 0 unspecified atom stereocenters. The number of ketones is 1. The first kappa shape index (κ1) is 12.0. The average molecular weight is 275 g/mol. The van der Waals surface area contributed by atoms with Crippen LogP contribution in [0.15, 0.2) is 41.1 Å². The summed E-state index contributed by atoms with van der Waals surface area (Å²) < 4.78 is 7.24. The average Bonchev–Trinajstić information content (AvgIpc) is 3.05. The Labute approximate surface area is 114 Å². The van der Waals surface area contributed by atoms with E-state index < -0.39 is 0 Å². The van der Waals surface area contributed by atoms with E-state index in [0.29, 0.717) is 16.2 Å². The Balaban J connectivity index is 2.04. The molecule has 0 saturated carbocycles. The zero-order valence-corrected chi connectivity index (χ0v) is 11.0. The van der Waals surface area contributed by atoms with Crippen molar-refractivity contribution < 1.29 is 9.21 Å². The van der Waals surface area contributed by atoms with Crippen LogP contribution >= 0.6 is 11.6 Å². The van der Waals surface area contributed by atoms with E-state index in [1.54, 1.807) is 29.2 Å². The highest BCUT2D eigenvalue weighted by atomic mass is 35.5. The van der Waals surface area contributed by atoms with Gasteiger partial charge in [-0.2, -0.15) is 5.10 Å². The Kier molecular flexibility index (Phi) is 2.87. The number of benzene rings is 1. The van der Waals surface area contributed by atoms with Crippen LogP contribution in [-0.4, -0.2) is 15.6 Å². The summed E-state index contributed by atoms with van der Waals surface area (Å²) >= 11 is 6.03. The minimum absolute atomic E-state index is 0.188. The van der Waals surface area contributed by atoms with Gasteiger partial charge in [0.1, 0.15) is 0 Å². The predicted octanol–water partition coefficient (Wildman–Crippen LogP) is 3.53. The highest BCUT2D eigenvalue weighted by Gasteiger charge is 2.17. The monoisotopic (exact) mass is 274 g/mol. The third-order valence-corrected chi connectivity index (χ3v) is 3.24. The van der Waals surface area contributed by atoms with E-state index >= 15 is 0 Å². The number of halogens is 1. The normalized spacial score (nSPS) is 11.1. The zero-order valence-electron chi connectivity index (χ0n) is 10.3. The lowest BCUT2D eigenvalue weighted by atomic mass is 10.2. The molecule has 0 aliphatic carbocycles. The summed E-state index contributed by atoms with van der Waals surface area (Å²) in [4.78, 5) is 12.3. The first-order chi connectivity index (χ1) is 9.19. The SMILES string of the molecule is CCn1cc(C(=O)c2cc3cccc(Cl)c3o2)cn1. The van der Waals surface area contributed by atoms with E-state index in [9.17, 15) is 4.79 Å². The van der Waals surface area contributed by atoms with Gasteiger partial charge in [-0.1, -0.05) is 23.7 Å². The minimum atomic E-state index is -0.188. The molecule has 3 aromatic rings. The Morgan fingerprint density at radius 3 is 3.00 bits per heavy atom. The number of carbonyl (C=O) groups is 1. The molecule has 19 heavy (non-hydrogen) atoms. The van der Waals surface area contributed by atoms with Crippen molar-refractivity contribution in [2.75, 3.05) is 0 Å². The number of hydrogen-bond acceptors (Lipinski definition) is 3. The van der Waals surface area contributed by atoms with Gasteiger partial charge in [0.15, 0.2) is 11.3 Å².